The van der Waals surface area contributed by atoms with Crippen LogP contribution < -0.4 is 10.6 Å². The summed E-state index contributed by atoms with van der Waals surface area (Å²) >= 11 is 1.47. The predicted octanol–water partition coefficient (Wildman–Crippen LogP) is 4.23. The zero-order valence-corrected chi connectivity index (χ0v) is 20.0. The van der Waals surface area contributed by atoms with Crippen LogP contribution >= 0.6 is 11.8 Å². The van der Waals surface area contributed by atoms with Crippen LogP contribution in [0.2, 0.25) is 0 Å². The summed E-state index contributed by atoms with van der Waals surface area (Å²) in [6.07, 6.45) is 8.23. The third-order valence-electron chi connectivity index (χ3n) is 6.33. The third-order valence-corrected chi connectivity index (χ3v) is 7.29. The molecule has 8 heteroatoms. The summed E-state index contributed by atoms with van der Waals surface area (Å²) in [5, 5.41) is 16.4. The van der Waals surface area contributed by atoms with Crippen LogP contribution in [-0.4, -0.2) is 45.2 Å². The molecular formula is C24H35N5O2S. The molecule has 2 aliphatic rings. The molecular weight excluding hydrogens is 422 g/mol. The lowest BCUT2D eigenvalue weighted by Gasteiger charge is -2.22. The molecule has 2 aromatic rings. The van der Waals surface area contributed by atoms with E-state index < -0.39 is 0 Å². The maximum atomic E-state index is 12.5. The number of amides is 1. The van der Waals surface area contributed by atoms with Gasteiger partial charge in [-0.2, -0.15) is 0 Å². The Kier molecular flexibility index (Phi) is 8.08. The molecule has 2 fully saturated rings. The number of ether oxygens (including phenoxy) is 1. The fourth-order valence-corrected chi connectivity index (χ4v) is 5.34. The van der Waals surface area contributed by atoms with Gasteiger partial charge in [-0.05, 0) is 51.2 Å². The van der Waals surface area contributed by atoms with E-state index in [1.165, 1.54) is 42.2 Å². The van der Waals surface area contributed by atoms with Crippen molar-refractivity contribution in [3.63, 3.8) is 0 Å². The molecule has 0 radical (unpaired) electrons. The number of aromatic nitrogens is 3. The highest BCUT2D eigenvalue weighted by Gasteiger charge is 2.22. The first-order valence-corrected chi connectivity index (χ1v) is 12.8. The van der Waals surface area contributed by atoms with Crippen LogP contribution in [0.5, 0.6) is 0 Å². The molecule has 0 spiro atoms. The van der Waals surface area contributed by atoms with Crippen molar-refractivity contribution in [2.75, 3.05) is 17.7 Å². The molecule has 0 unspecified atom stereocenters. The van der Waals surface area contributed by atoms with Crippen molar-refractivity contribution < 1.29 is 9.53 Å². The van der Waals surface area contributed by atoms with Crippen LogP contribution in [0.3, 0.4) is 0 Å². The van der Waals surface area contributed by atoms with E-state index in [2.05, 4.69) is 57.4 Å². The number of aryl methyl sites for hydroxylation is 2. The number of nitrogens with one attached hydrogen (secondary N) is 2. The first kappa shape index (κ1) is 23.1. The van der Waals surface area contributed by atoms with Gasteiger partial charge >= 0.3 is 0 Å². The van der Waals surface area contributed by atoms with Gasteiger partial charge in [-0.25, -0.2) is 0 Å². The number of hydrogen-bond acceptors (Lipinski definition) is 6. The number of benzene rings is 1. The molecule has 2 heterocycles. The number of rotatable bonds is 9. The van der Waals surface area contributed by atoms with Crippen LogP contribution in [-0.2, 0) is 22.6 Å². The largest absolute Gasteiger partial charge is 0.378 e. The molecule has 7 nitrogen and oxygen atoms in total. The Morgan fingerprint density at radius 2 is 2.00 bits per heavy atom. The van der Waals surface area contributed by atoms with E-state index in [1.54, 1.807) is 0 Å². The smallest absolute Gasteiger partial charge is 0.230 e. The van der Waals surface area contributed by atoms with E-state index in [1.807, 2.05) is 0 Å². The zero-order valence-electron chi connectivity index (χ0n) is 19.2. The summed E-state index contributed by atoms with van der Waals surface area (Å²) in [7, 11) is 0. The van der Waals surface area contributed by atoms with Gasteiger partial charge in [0.25, 0.3) is 0 Å². The van der Waals surface area contributed by atoms with E-state index in [0.29, 0.717) is 18.3 Å². The molecule has 1 aromatic heterocycles. The van der Waals surface area contributed by atoms with Gasteiger partial charge in [-0.1, -0.05) is 48.7 Å². The summed E-state index contributed by atoms with van der Waals surface area (Å²) in [4.78, 5) is 12.5. The first-order chi connectivity index (χ1) is 15.6. The Bertz CT molecular complexity index is 904. The maximum Gasteiger partial charge on any atom is 0.230 e. The second-order valence-electron chi connectivity index (χ2n) is 9.01. The minimum absolute atomic E-state index is 0.0866. The van der Waals surface area contributed by atoms with E-state index in [9.17, 15) is 4.79 Å². The topological polar surface area (TPSA) is 81.1 Å². The van der Waals surface area contributed by atoms with Crippen LogP contribution in [0.1, 0.15) is 61.9 Å². The molecule has 1 saturated carbocycles. The number of carbonyl (C=O) groups is 1. The van der Waals surface area contributed by atoms with Gasteiger partial charge in [-0.3, -0.25) is 4.79 Å². The Morgan fingerprint density at radius 1 is 1.16 bits per heavy atom. The Balaban J connectivity index is 1.40. The lowest BCUT2D eigenvalue weighted by Crippen LogP contribution is -2.37. The van der Waals surface area contributed by atoms with E-state index in [-0.39, 0.29) is 12.0 Å². The third kappa shape index (κ3) is 6.25. The summed E-state index contributed by atoms with van der Waals surface area (Å²) in [5.74, 6) is 1.32. The van der Waals surface area contributed by atoms with Gasteiger partial charge in [0.15, 0.2) is 11.0 Å². The van der Waals surface area contributed by atoms with Gasteiger partial charge in [0, 0.05) is 18.3 Å². The molecule has 1 aromatic carbocycles. The monoisotopic (exact) mass is 457 g/mol. The van der Waals surface area contributed by atoms with E-state index in [0.717, 1.165) is 55.5 Å². The average molecular weight is 458 g/mol. The fraction of sp³-hybridized carbons (Fsp3) is 0.625. The summed E-state index contributed by atoms with van der Waals surface area (Å²) in [6.45, 7) is 6.33. The Labute approximate surface area is 195 Å². The number of nitrogens with zero attached hydrogens (tertiary/aromatic N) is 3. The molecule has 1 atom stereocenters. The highest BCUT2D eigenvalue weighted by Crippen LogP contribution is 2.23. The number of hydrogen-bond donors (Lipinski definition) is 2. The van der Waals surface area contributed by atoms with Crippen molar-refractivity contribution >= 4 is 23.4 Å². The van der Waals surface area contributed by atoms with Gasteiger partial charge in [0.2, 0.25) is 5.91 Å². The number of thioether (sulfide) groups is 1. The first-order valence-electron chi connectivity index (χ1n) is 11.9. The minimum atomic E-state index is 0.0866. The zero-order chi connectivity index (χ0) is 22.3. The SMILES string of the molecule is Cc1ccc(NCc2nnc(SCC(=O)NC3CCCCC3)n2C[C@H]2CCCO2)c(C)c1. The van der Waals surface area contributed by atoms with E-state index in [4.69, 9.17) is 4.74 Å². The van der Waals surface area contributed by atoms with Gasteiger partial charge in [-0.15, -0.1) is 10.2 Å². The predicted molar refractivity (Wildman–Crippen MR) is 128 cm³/mol. The highest BCUT2D eigenvalue weighted by molar-refractivity contribution is 7.99. The van der Waals surface area contributed by atoms with E-state index >= 15 is 0 Å². The summed E-state index contributed by atoms with van der Waals surface area (Å²) in [5.41, 5.74) is 3.56. The molecule has 1 aliphatic heterocycles. The molecule has 4 rings (SSSR count). The molecule has 0 bridgehead atoms. The van der Waals surface area contributed by atoms with Crippen molar-refractivity contribution in [2.45, 2.75) is 89.2 Å². The Hall–Kier alpha value is -2.06. The molecule has 32 heavy (non-hydrogen) atoms. The van der Waals surface area contributed by atoms with Crippen LogP contribution in [0.25, 0.3) is 0 Å². The molecule has 1 saturated heterocycles. The fourth-order valence-electron chi connectivity index (χ4n) is 4.56. The second-order valence-corrected chi connectivity index (χ2v) is 9.95. The van der Waals surface area contributed by atoms with Crippen molar-refractivity contribution in [3.05, 3.63) is 35.2 Å². The Morgan fingerprint density at radius 3 is 2.75 bits per heavy atom. The van der Waals surface area contributed by atoms with Crippen LogP contribution in [0.15, 0.2) is 23.4 Å². The second kappa shape index (κ2) is 11.2. The van der Waals surface area contributed by atoms with Crippen LogP contribution in [0.4, 0.5) is 5.69 Å². The average Bonchev–Trinajstić information content (AvgIpc) is 3.43. The van der Waals surface area contributed by atoms with Gasteiger partial charge < -0.3 is 19.9 Å². The molecule has 2 N–H and O–H groups in total. The molecule has 174 valence electrons. The molecule has 1 aliphatic carbocycles. The van der Waals surface area contributed by atoms with Crippen molar-refractivity contribution in [3.8, 4) is 0 Å². The summed E-state index contributed by atoms with van der Waals surface area (Å²) < 4.78 is 8.00. The van der Waals surface area contributed by atoms with Gasteiger partial charge in [0.05, 0.1) is 24.9 Å². The standard InChI is InChI=1S/C24H35N5O2S/c1-17-10-11-21(18(2)13-17)25-14-22-27-28-24(29(22)15-20-9-6-12-31-20)32-16-23(30)26-19-7-4-3-5-8-19/h10-11,13,19-20,25H,3-9,12,14-16H2,1-2H3,(H,26,30)/t20-/m1/s1. The van der Waals surface area contributed by atoms with Gasteiger partial charge in [0.1, 0.15) is 0 Å². The lowest BCUT2D eigenvalue weighted by atomic mass is 9.95. The van der Waals surface area contributed by atoms with Crippen molar-refractivity contribution in [2.24, 2.45) is 0 Å². The number of anilines is 1. The normalized spacial score (nSPS) is 19.2. The maximum absolute atomic E-state index is 12.5. The summed E-state index contributed by atoms with van der Waals surface area (Å²) in [6, 6.07) is 6.72. The van der Waals surface area contributed by atoms with Crippen molar-refractivity contribution in [1.29, 1.82) is 0 Å². The lowest BCUT2D eigenvalue weighted by molar-refractivity contribution is -0.119. The quantitative estimate of drug-likeness (QED) is 0.549. The number of carbonyl (C=O) groups excluding carboxylic acids is 1. The minimum Gasteiger partial charge on any atom is -0.378 e. The molecule has 1 amide bonds. The highest BCUT2D eigenvalue weighted by atomic mass is 32.2. The van der Waals surface area contributed by atoms with Crippen LogP contribution in [0, 0.1) is 13.8 Å². The van der Waals surface area contributed by atoms with Crippen molar-refractivity contribution in [1.82, 2.24) is 20.1 Å².